The molecule has 88 valence electrons. The quantitative estimate of drug-likeness (QED) is 0.877. The van der Waals surface area contributed by atoms with Crippen molar-refractivity contribution >= 4 is 11.8 Å². The van der Waals surface area contributed by atoms with Crippen molar-refractivity contribution in [3.05, 3.63) is 29.8 Å². The Bertz CT molecular complexity index is 332. The fraction of sp³-hybridized carbons (Fsp3) is 0.538. The van der Waals surface area contributed by atoms with Crippen LogP contribution in [-0.2, 0) is 4.74 Å². The third kappa shape index (κ3) is 3.24. The van der Waals surface area contributed by atoms with E-state index in [1.807, 2.05) is 23.9 Å². The van der Waals surface area contributed by atoms with E-state index >= 15 is 0 Å². The number of aliphatic hydroxyl groups excluding tert-OH is 1. The maximum atomic E-state index is 9.52. The van der Waals surface area contributed by atoms with Crippen LogP contribution in [0, 0.1) is 0 Å². The zero-order valence-electron chi connectivity index (χ0n) is 9.56. The van der Waals surface area contributed by atoms with Gasteiger partial charge in [0.15, 0.2) is 0 Å². The summed E-state index contributed by atoms with van der Waals surface area (Å²) in [5, 5.41) is 10.2. The molecule has 2 nitrogen and oxygen atoms in total. The lowest BCUT2D eigenvalue weighted by Gasteiger charge is -2.21. The molecule has 1 fully saturated rings. The predicted octanol–water partition coefficient (Wildman–Crippen LogP) is 3.01. The molecule has 1 aromatic rings. The second-order valence-corrected chi connectivity index (χ2v) is 5.55. The van der Waals surface area contributed by atoms with Crippen molar-refractivity contribution < 1.29 is 9.84 Å². The lowest BCUT2D eigenvalue weighted by atomic mass is 10.1. The molecule has 1 aromatic carbocycles. The van der Waals surface area contributed by atoms with E-state index in [0.29, 0.717) is 5.25 Å². The minimum absolute atomic E-state index is 0.379. The van der Waals surface area contributed by atoms with E-state index in [0.717, 1.165) is 31.6 Å². The Morgan fingerprint density at radius 3 is 2.81 bits per heavy atom. The van der Waals surface area contributed by atoms with Crippen LogP contribution in [-0.4, -0.2) is 23.6 Å². The van der Waals surface area contributed by atoms with Crippen LogP contribution in [0.1, 0.15) is 31.4 Å². The van der Waals surface area contributed by atoms with E-state index in [1.54, 1.807) is 6.92 Å². The van der Waals surface area contributed by atoms with Gasteiger partial charge < -0.3 is 9.84 Å². The number of ether oxygens (including phenoxy) is 1. The Morgan fingerprint density at radius 2 is 2.12 bits per heavy atom. The molecule has 0 aliphatic carbocycles. The Morgan fingerprint density at radius 1 is 1.38 bits per heavy atom. The molecular weight excluding hydrogens is 220 g/mol. The van der Waals surface area contributed by atoms with Crippen LogP contribution < -0.4 is 0 Å². The Balaban J connectivity index is 2.00. The average molecular weight is 238 g/mol. The molecule has 0 radical (unpaired) electrons. The van der Waals surface area contributed by atoms with E-state index in [2.05, 4.69) is 12.1 Å². The molecule has 1 aliphatic heterocycles. The SMILES string of the molecule is CC(O)c1cccc(SC2CCOCC2)c1. The largest absolute Gasteiger partial charge is 0.389 e. The van der Waals surface area contributed by atoms with Gasteiger partial charge in [-0.05, 0) is 37.5 Å². The normalized spacial score (nSPS) is 19.6. The molecule has 2 rings (SSSR count). The molecule has 0 saturated carbocycles. The summed E-state index contributed by atoms with van der Waals surface area (Å²) in [4.78, 5) is 1.25. The number of rotatable bonds is 3. The van der Waals surface area contributed by atoms with Crippen molar-refractivity contribution in [3.8, 4) is 0 Å². The van der Waals surface area contributed by atoms with Crippen LogP contribution in [0.5, 0.6) is 0 Å². The second-order valence-electron chi connectivity index (χ2n) is 4.18. The number of benzene rings is 1. The van der Waals surface area contributed by atoms with Crippen molar-refractivity contribution in [3.63, 3.8) is 0 Å². The van der Waals surface area contributed by atoms with Crippen LogP contribution in [0.3, 0.4) is 0 Å². The minimum Gasteiger partial charge on any atom is -0.389 e. The first-order valence-corrected chi connectivity index (χ1v) is 6.66. The van der Waals surface area contributed by atoms with Gasteiger partial charge in [0.25, 0.3) is 0 Å². The van der Waals surface area contributed by atoms with Crippen molar-refractivity contribution in [1.29, 1.82) is 0 Å². The van der Waals surface area contributed by atoms with Crippen LogP contribution in [0.2, 0.25) is 0 Å². The molecule has 1 saturated heterocycles. The predicted molar refractivity (Wildman–Crippen MR) is 66.8 cm³/mol. The average Bonchev–Trinajstić information content (AvgIpc) is 2.30. The number of thioether (sulfide) groups is 1. The topological polar surface area (TPSA) is 29.5 Å². The summed E-state index contributed by atoms with van der Waals surface area (Å²) >= 11 is 1.90. The highest BCUT2D eigenvalue weighted by Crippen LogP contribution is 2.30. The fourth-order valence-electron chi connectivity index (χ4n) is 1.83. The Kier molecular flexibility index (Phi) is 4.27. The highest BCUT2D eigenvalue weighted by molar-refractivity contribution is 8.00. The molecular formula is C13H18O2S. The zero-order chi connectivity index (χ0) is 11.4. The second kappa shape index (κ2) is 5.71. The maximum Gasteiger partial charge on any atom is 0.0762 e. The van der Waals surface area contributed by atoms with E-state index < -0.39 is 0 Å². The minimum atomic E-state index is -0.379. The van der Waals surface area contributed by atoms with Crippen LogP contribution in [0.4, 0.5) is 0 Å². The van der Waals surface area contributed by atoms with Gasteiger partial charge in [0, 0.05) is 23.4 Å². The molecule has 0 bridgehead atoms. The van der Waals surface area contributed by atoms with Crippen LogP contribution in [0.25, 0.3) is 0 Å². The summed E-state index contributed by atoms with van der Waals surface area (Å²) in [5.41, 5.74) is 0.997. The zero-order valence-corrected chi connectivity index (χ0v) is 10.4. The van der Waals surface area contributed by atoms with Crippen molar-refractivity contribution in [2.45, 2.75) is 36.0 Å². The maximum absolute atomic E-state index is 9.52. The molecule has 0 amide bonds. The molecule has 0 aromatic heterocycles. The molecule has 1 aliphatic rings. The molecule has 1 atom stereocenters. The number of hydrogen-bond acceptors (Lipinski definition) is 3. The van der Waals surface area contributed by atoms with Crippen molar-refractivity contribution in [2.24, 2.45) is 0 Å². The Labute approximate surface area is 101 Å². The van der Waals surface area contributed by atoms with E-state index in [-0.39, 0.29) is 6.10 Å². The smallest absolute Gasteiger partial charge is 0.0762 e. The highest BCUT2D eigenvalue weighted by Gasteiger charge is 2.15. The number of aliphatic hydroxyl groups is 1. The summed E-state index contributed by atoms with van der Waals surface area (Å²) in [7, 11) is 0. The third-order valence-corrected chi connectivity index (χ3v) is 4.14. The first-order chi connectivity index (χ1) is 7.75. The van der Waals surface area contributed by atoms with Gasteiger partial charge in [-0.15, -0.1) is 11.8 Å². The van der Waals surface area contributed by atoms with E-state index in [4.69, 9.17) is 4.74 Å². The van der Waals surface area contributed by atoms with Gasteiger partial charge >= 0.3 is 0 Å². The molecule has 3 heteroatoms. The van der Waals surface area contributed by atoms with Crippen LogP contribution >= 0.6 is 11.8 Å². The molecule has 1 N–H and O–H groups in total. The van der Waals surface area contributed by atoms with E-state index in [1.165, 1.54) is 4.90 Å². The highest BCUT2D eigenvalue weighted by atomic mass is 32.2. The molecule has 16 heavy (non-hydrogen) atoms. The van der Waals surface area contributed by atoms with Crippen molar-refractivity contribution in [1.82, 2.24) is 0 Å². The monoisotopic (exact) mass is 238 g/mol. The van der Waals surface area contributed by atoms with Gasteiger partial charge in [-0.2, -0.15) is 0 Å². The van der Waals surface area contributed by atoms with Crippen molar-refractivity contribution in [2.75, 3.05) is 13.2 Å². The summed E-state index contributed by atoms with van der Waals surface area (Å²) in [5.74, 6) is 0. The van der Waals surface area contributed by atoms with Gasteiger partial charge in [-0.25, -0.2) is 0 Å². The standard InChI is InChI=1S/C13H18O2S/c1-10(14)11-3-2-4-13(9-11)16-12-5-7-15-8-6-12/h2-4,9-10,12,14H,5-8H2,1H3. The molecule has 0 spiro atoms. The molecule has 1 heterocycles. The summed E-state index contributed by atoms with van der Waals surface area (Å²) in [6, 6.07) is 8.19. The summed E-state index contributed by atoms with van der Waals surface area (Å²) < 4.78 is 5.35. The number of hydrogen-bond donors (Lipinski definition) is 1. The summed E-state index contributed by atoms with van der Waals surface area (Å²) in [6.45, 7) is 3.57. The van der Waals surface area contributed by atoms with Crippen LogP contribution in [0.15, 0.2) is 29.2 Å². The Hall–Kier alpha value is -0.510. The fourth-order valence-corrected chi connectivity index (χ4v) is 3.01. The lowest BCUT2D eigenvalue weighted by Crippen LogP contribution is -2.17. The van der Waals surface area contributed by atoms with E-state index in [9.17, 15) is 5.11 Å². The van der Waals surface area contributed by atoms with Gasteiger partial charge in [0.05, 0.1) is 6.10 Å². The van der Waals surface area contributed by atoms with Gasteiger partial charge in [0.1, 0.15) is 0 Å². The summed E-state index contributed by atoms with van der Waals surface area (Å²) in [6.07, 6.45) is 1.88. The van der Waals surface area contributed by atoms with Gasteiger partial charge in [0.2, 0.25) is 0 Å². The van der Waals surface area contributed by atoms with Gasteiger partial charge in [-0.3, -0.25) is 0 Å². The first-order valence-electron chi connectivity index (χ1n) is 5.78. The lowest BCUT2D eigenvalue weighted by molar-refractivity contribution is 0.100. The molecule has 1 unspecified atom stereocenters. The third-order valence-electron chi connectivity index (χ3n) is 2.81. The first kappa shape index (κ1) is 12.0. The van der Waals surface area contributed by atoms with Gasteiger partial charge in [-0.1, -0.05) is 12.1 Å².